The summed E-state index contributed by atoms with van der Waals surface area (Å²) in [7, 11) is 1.62. The van der Waals surface area contributed by atoms with E-state index in [2.05, 4.69) is 18.7 Å². The lowest BCUT2D eigenvalue weighted by Gasteiger charge is -2.24. The fourth-order valence-electron chi connectivity index (χ4n) is 3.29. The number of nitrogens with zero attached hydrogens (tertiary/aromatic N) is 1. The Morgan fingerprint density at radius 2 is 1.95 bits per heavy atom. The first-order chi connectivity index (χ1) is 10.7. The summed E-state index contributed by atoms with van der Waals surface area (Å²) < 4.78 is 10.3. The van der Waals surface area contributed by atoms with Gasteiger partial charge in [-0.3, -0.25) is 4.90 Å². The molecule has 1 aromatic carbocycles. The van der Waals surface area contributed by atoms with E-state index in [-0.39, 0.29) is 12.2 Å². The molecule has 1 atom stereocenters. The number of hydrogen-bond acceptors (Lipinski definition) is 3. The predicted molar refractivity (Wildman–Crippen MR) is 86.3 cm³/mol. The van der Waals surface area contributed by atoms with Gasteiger partial charge in [0.15, 0.2) is 0 Å². The molecule has 1 aromatic rings. The molecule has 22 heavy (non-hydrogen) atoms. The van der Waals surface area contributed by atoms with E-state index in [4.69, 9.17) is 9.47 Å². The lowest BCUT2D eigenvalue weighted by molar-refractivity contribution is 0.0718. The number of hydrogen-bond donors (Lipinski definition) is 0. The number of amides is 1. The topological polar surface area (TPSA) is 38.8 Å². The maximum absolute atomic E-state index is 11.9. The average molecular weight is 301 g/mol. The van der Waals surface area contributed by atoms with E-state index in [1.807, 2.05) is 12.1 Å². The second kappa shape index (κ2) is 6.53. The molecule has 4 nitrogen and oxygen atoms in total. The maximum Gasteiger partial charge on any atom is 0.414 e. The van der Waals surface area contributed by atoms with Crippen LogP contribution in [-0.2, 0) is 9.47 Å². The van der Waals surface area contributed by atoms with E-state index < -0.39 is 0 Å². The Balaban J connectivity index is 1.66. The van der Waals surface area contributed by atoms with E-state index in [0.717, 1.165) is 18.5 Å². The molecule has 1 saturated carbocycles. The molecule has 2 aliphatic rings. The highest BCUT2D eigenvalue weighted by Gasteiger charge is 2.32. The molecule has 0 bridgehead atoms. The number of rotatable bonds is 4. The van der Waals surface area contributed by atoms with Crippen LogP contribution in [0.15, 0.2) is 36.4 Å². The van der Waals surface area contributed by atoms with Gasteiger partial charge in [0.1, 0.15) is 6.10 Å². The molecule has 118 valence electrons. The summed E-state index contributed by atoms with van der Waals surface area (Å²) in [4.78, 5) is 13.6. The molecule has 0 unspecified atom stereocenters. The van der Waals surface area contributed by atoms with Crippen LogP contribution in [0.1, 0.15) is 37.2 Å². The molecule has 1 amide bonds. The molecule has 2 fully saturated rings. The van der Waals surface area contributed by atoms with Gasteiger partial charge in [-0.05, 0) is 49.3 Å². The standard InChI is InChI=1S/C18H23NO3/c1-13-3-5-14(6-4-13)15-7-9-16(10-8-15)19-11-17(12-21-2)22-18(19)20/h7-10,14,17H,1,3-6,11-12H2,2H3/t17-/m1/s1. The fraction of sp³-hybridized carbons (Fsp3) is 0.500. The van der Waals surface area contributed by atoms with Crippen molar-refractivity contribution in [3.63, 3.8) is 0 Å². The first-order valence-electron chi connectivity index (χ1n) is 7.91. The van der Waals surface area contributed by atoms with Gasteiger partial charge in [0.2, 0.25) is 0 Å². The van der Waals surface area contributed by atoms with Crippen LogP contribution in [0, 0.1) is 0 Å². The Morgan fingerprint density at radius 1 is 1.27 bits per heavy atom. The summed E-state index contributed by atoms with van der Waals surface area (Å²) in [5.74, 6) is 0.617. The number of anilines is 1. The summed E-state index contributed by atoms with van der Waals surface area (Å²) in [6, 6.07) is 8.33. The molecule has 0 aromatic heterocycles. The van der Waals surface area contributed by atoms with Crippen molar-refractivity contribution in [2.24, 2.45) is 0 Å². The van der Waals surface area contributed by atoms with Crippen LogP contribution in [0.25, 0.3) is 0 Å². The van der Waals surface area contributed by atoms with Crippen molar-refractivity contribution >= 4 is 11.8 Å². The second-order valence-electron chi connectivity index (χ2n) is 6.19. The maximum atomic E-state index is 11.9. The normalized spacial score (nSPS) is 23.0. The summed E-state index contributed by atoms with van der Waals surface area (Å²) in [5.41, 5.74) is 3.63. The molecular weight excluding hydrogens is 278 g/mol. The Kier molecular flexibility index (Phi) is 4.48. The zero-order valence-corrected chi connectivity index (χ0v) is 13.1. The Hall–Kier alpha value is -1.81. The van der Waals surface area contributed by atoms with Crippen LogP contribution in [0.2, 0.25) is 0 Å². The number of allylic oxidation sites excluding steroid dienone is 1. The summed E-state index contributed by atoms with van der Waals surface area (Å²) >= 11 is 0. The van der Waals surface area contributed by atoms with Crippen LogP contribution in [-0.4, -0.2) is 32.5 Å². The molecule has 3 rings (SSSR count). The van der Waals surface area contributed by atoms with Gasteiger partial charge in [0, 0.05) is 12.8 Å². The minimum Gasteiger partial charge on any atom is -0.441 e. The Bertz CT molecular complexity index is 542. The summed E-state index contributed by atoms with van der Waals surface area (Å²) in [6.07, 6.45) is 4.15. The lowest BCUT2D eigenvalue weighted by atomic mass is 9.82. The third-order valence-electron chi connectivity index (χ3n) is 4.60. The first kappa shape index (κ1) is 15.1. The molecular formula is C18H23NO3. The van der Waals surface area contributed by atoms with Gasteiger partial charge in [-0.25, -0.2) is 4.79 Å². The molecule has 1 aliphatic heterocycles. The van der Waals surface area contributed by atoms with Crippen molar-refractivity contribution in [3.05, 3.63) is 42.0 Å². The van der Waals surface area contributed by atoms with E-state index in [0.29, 0.717) is 19.1 Å². The SMILES string of the molecule is C=C1CCC(c2ccc(N3C[C@H](COC)OC3=O)cc2)CC1. The number of carbonyl (C=O) groups is 1. The van der Waals surface area contributed by atoms with E-state index in [1.165, 1.54) is 24.0 Å². The fourth-order valence-corrected chi connectivity index (χ4v) is 3.29. The molecule has 1 aliphatic carbocycles. The van der Waals surface area contributed by atoms with Crippen molar-refractivity contribution in [2.45, 2.75) is 37.7 Å². The van der Waals surface area contributed by atoms with Gasteiger partial charge in [-0.15, -0.1) is 0 Å². The van der Waals surface area contributed by atoms with Gasteiger partial charge in [0.25, 0.3) is 0 Å². The molecule has 1 heterocycles. The van der Waals surface area contributed by atoms with Crippen molar-refractivity contribution in [2.75, 3.05) is 25.2 Å². The number of cyclic esters (lactones) is 1. The van der Waals surface area contributed by atoms with Gasteiger partial charge in [0.05, 0.1) is 13.2 Å². The third kappa shape index (κ3) is 3.17. The first-order valence-corrected chi connectivity index (χ1v) is 7.91. The Labute approximate surface area is 131 Å². The summed E-state index contributed by atoms with van der Waals surface area (Å²) in [5, 5.41) is 0. The monoisotopic (exact) mass is 301 g/mol. The van der Waals surface area contributed by atoms with Crippen LogP contribution >= 0.6 is 0 Å². The van der Waals surface area contributed by atoms with Gasteiger partial charge in [-0.1, -0.05) is 24.3 Å². The minimum absolute atomic E-state index is 0.179. The van der Waals surface area contributed by atoms with Crippen molar-refractivity contribution < 1.29 is 14.3 Å². The third-order valence-corrected chi connectivity index (χ3v) is 4.60. The van der Waals surface area contributed by atoms with Crippen LogP contribution in [0.3, 0.4) is 0 Å². The second-order valence-corrected chi connectivity index (χ2v) is 6.19. The summed E-state index contributed by atoms with van der Waals surface area (Å²) in [6.45, 7) is 5.06. The zero-order chi connectivity index (χ0) is 15.5. The van der Waals surface area contributed by atoms with Gasteiger partial charge >= 0.3 is 6.09 Å². The lowest BCUT2D eigenvalue weighted by Crippen LogP contribution is -2.25. The van der Waals surface area contributed by atoms with Crippen LogP contribution in [0.4, 0.5) is 10.5 Å². The van der Waals surface area contributed by atoms with Crippen molar-refractivity contribution in [1.82, 2.24) is 0 Å². The van der Waals surface area contributed by atoms with Crippen LogP contribution < -0.4 is 4.90 Å². The molecule has 0 radical (unpaired) electrons. The highest BCUT2D eigenvalue weighted by molar-refractivity contribution is 5.89. The van der Waals surface area contributed by atoms with Gasteiger partial charge in [-0.2, -0.15) is 0 Å². The van der Waals surface area contributed by atoms with E-state index >= 15 is 0 Å². The Morgan fingerprint density at radius 3 is 2.59 bits per heavy atom. The number of carbonyl (C=O) groups excluding carboxylic acids is 1. The van der Waals surface area contributed by atoms with Crippen molar-refractivity contribution in [3.8, 4) is 0 Å². The van der Waals surface area contributed by atoms with E-state index in [9.17, 15) is 4.79 Å². The molecule has 0 spiro atoms. The zero-order valence-electron chi connectivity index (χ0n) is 13.1. The molecule has 4 heteroatoms. The number of methoxy groups -OCH3 is 1. The number of ether oxygens (including phenoxy) is 2. The largest absolute Gasteiger partial charge is 0.441 e. The van der Waals surface area contributed by atoms with Crippen molar-refractivity contribution in [1.29, 1.82) is 0 Å². The number of benzene rings is 1. The molecule has 0 N–H and O–H groups in total. The quantitative estimate of drug-likeness (QED) is 0.792. The predicted octanol–water partition coefficient (Wildman–Crippen LogP) is 3.87. The van der Waals surface area contributed by atoms with Gasteiger partial charge < -0.3 is 9.47 Å². The van der Waals surface area contributed by atoms with Crippen LogP contribution in [0.5, 0.6) is 0 Å². The average Bonchev–Trinajstić information content (AvgIpc) is 2.89. The molecule has 1 saturated heterocycles. The minimum atomic E-state index is -0.288. The highest BCUT2D eigenvalue weighted by atomic mass is 16.6. The van der Waals surface area contributed by atoms with E-state index in [1.54, 1.807) is 12.0 Å². The smallest absolute Gasteiger partial charge is 0.414 e. The highest BCUT2D eigenvalue weighted by Crippen LogP contribution is 2.35.